The molecular weight excluding hydrogens is 150 g/mol. The van der Waals surface area contributed by atoms with Gasteiger partial charge < -0.3 is 5.73 Å². The summed E-state index contributed by atoms with van der Waals surface area (Å²) in [5.41, 5.74) is 6.12. The van der Waals surface area contributed by atoms with Crippen molar-refractivity contribution >= 4 is 16.8 Å². The predicted molar refractivity (Wildman–Crippen MR) is 40.7 cm³/mol. The van der Waals surface area contributed by atoms with Crippen molar-refractivity contribution in [2.45, 2.75) is 12.5 Å². The van der Waals surface area contributed by atoms with E-state index in [0.29, 0.717) is 12.0 Å². The summed E-state index contributed by atoms with van der Waals surface area (Å²) in [4.78, 5) is 10.6. The van der Waals surface area contributed by atoms with E-state index in [0.717, 1.165) is 0 Å². The van der Waals surface area contributed by atoms with E-state index in [9.17, 15) is 4.79 Å². The molecule has 0 aromatic carbocycles. The lowest BCUT2D eigenvalue weighted by atomic mass is 10.0. The quantitative estimate of drug-likeness (QED) is 0.577. The summed E-state index contributed by atoms with van der Waals surface area (Å²) in [5, 5.41) is -0.403. The molecule has 0 aliphatic heterocycles. The van der Waals surface area contributed by atoms with Crippen molar-refractivity contribution in [1.29, 1.82) is 0 Å². The first-order chi connectivity index (χ1) is 4.70. The fourth-order valence-corrected chi connectivity index (χ4v) is 0.990. The van der Waals surface area contributed by atoms with Crippen LogP contribution >= 0.6 is 11.6 Å². The maximum atomic E-state index is 10.6. The molecule has 0 amide bonds. The second-order valence-corrected chi connectivity index (χ2v) is 2.56. The van der Waals surface area contributed by atoms with Gasteiger partial charge in [-0.05, 0) is 18.0 Å². The standard InChI is InChI=1S/C7H8ClNO/c8-7(10)5-2-1-3-6(9)4-5/h1-3,6H,4,9H2. The van der Waals surface area contributed by atoms with Crippen LogP contribution in [-0.4, -0.2) is 11.3 Å². The van der Waals surface area contributed by atoms with Crippen LogP contribution in [0.15, 0.2) is 23.8 Å². The molecule has 0 aromatic heterocycles. The molecule has 1 atom stereocenters. The number of allylic oxidation sites excluding steroid dienone is 2. The molecule has 1 unspecified atom stereocenters. The van der Waals surface area contributed by atoms with Crippen LogP contribution in [0.25, 0.3) is 0 Å². The lowest BCUT2D eigenvalue weighted by molar-refractivity contribution is -0.108. The third kappa shape index (κ3) is 1.69. The van der Waals surface area contributed by atoms with Gasteiger partial charge in [0.2, 0.25) is 5.24 Å². The molecule has 0 radical (unpaired) electrons. The molecule has 0 saturated heterocycles. The summed E-state index contributed by atoms with van der Waals surface area (Å²) in [6, 6.07) is -0.0531. The Morgan fingerprint density at radius 3 is 2.90 bits per heavy atom. The van der Waals surface area contributed by atoms with Crippen molar-refractivity contribution in [3.8, 4) is 0 Å². The first kappa shape index (κ1) is 7.51. The molecule has 0 fully saturated rings. The monoisotopic (exact) mass is 157 g/mol. The Balaban J connectivity index is 2.71. The van der Waals surface area contributed by atoms with Crippen LogP contribution in [0.1, 0.15) is 6.42 Å². The topological polar surface area (TPSA) is 43.1 Å². The van der Waals surface area contributed by atoms with Crippen molar-refractivity contribution in [2.75, 3.05) is 0 Å². The largest absolute Gasteiger partial charge is 0.324 e. The van der Waals surface area contributed by atoms with Gasteiger partial charge in [-0.2, -0.15) is 0 Å². The van der Waals surface area contributed by atoms with Crippen molar-refractivity contribution in [3.63, 3.8) is 0 Å². The summed E-state index contributed by atoms with van der Waals surface area (Å²) in [6.45, 7) is 0. The highest BCUT2D eigenvalue weighted by molar-refractivity contribution is 6.67. The summed E-state index contributed by atoms with van der Waals surface area (Å²) in [6.07, 6.45) is 5.84. The van der Waals surface area contributed by atoms with Crippen molar-refractivity contribution in [3.05, 3.63) is 23.8 Å². The number of carbonyl (C=O) groups excluding carboxylic acids is 1. The Bertz CT molecular complexity index is 208. The lowest BCUT2D eigenvalue weighted by Gasteiger charge is -2.09. The first-order valence-corrected chi connectivity index (χ1v) is 3.40. The zero-order valence-corrected chi connectivity index (χ0v) is 6.14. The van der Waals surface area contributed by atoms with Gasteiger partial charge >= 0.3 is 0 Å². The van der Waals surface area contributed by atoms with E-state index in [2.05, 4.69) is 0 Å². The van der Waals surface area contributed by atoms with E-state index in [1.165, 1.54) is 0 Å². The van der Waals surface area contributed by atoms with Crippen LogP contribution < -0.4 is 5.73 Å². The average Bonchev–Trinajstić information content (AvgIpc) is 1.88. The van der Waals surface area contributed by atoms with E-state index in [4.69, 9.17) is 17.3 Å². The number of hydrogen-bond acceptors (Lipinski definition) is 2. The fourth-order valence-electron chi connectivity index (χ4n) is 0.850. The maximum absolute atomic E-state index is 10.6. The Hall–Kier alpha value is -0.600. The number of carbonyl (C=O) groups is 1. The Labute approximate surface area is 64.3 Å². The van der Waals surface area contributed by atoms with Crippen LogP contribution in [0.4, 0.5) is 0 Å². The smallest absolute Gasteiger partial charge is 0.248 e. The summed E-state index contributed by atoms with van der Waals surface area (Å²) in [5.74, 6) is 0. The number of halogens is 1. The van der Waals surface area contributed by atoms with E-state index >= 15 is 0 Å². The van der Waals surface area contributed by atoms with Gasteiger partial charge in [0.1, 0.15) is 0 Å². The molecule has 3 heteroatoms. The average molecular weight is 158 g/mol. The van der Waals surface area contributed by atoms with Gasteiger partial charge in [0.15, 0.2) is 0 Å². The van der Waals surface area contributed by atoms with Crippen LogP contribution in [-0.2, 0) is 4.79 Å². The van der Waals surface area contributed by atoms with Crippen molar-refractivity contribution < 1.29 is 4.79 Å². The highest BCUT2D eigenvalue weighted by Crippen LogP contribution is 2.13. The molecule has 1 rings (SSSR count). The SMILES string of the molecule is NC1C=CC=C(C(=O)Cl)C1. The van der Waals surface area contributed by atoms with Gasteiger partial charge in [0, 0.05) is 11.6 Å². The minimum atomic E-state index is -0.403. The number of nitrogens with two attached hydrogens (primary N) is 1. The van der Waals surface area contributed by atoms with Gasteiger partial charge in [0.25, 0.3) is 0 Å². The summed E-state index contributed by atoms with van der Waals surface area (Å²) in [7, 11) is 0. The number of hydrogen-bond donors (Lipinski definition) is 1. The van der Waals surface area contributed by atoms with Gasteiger partial charge in [-0.15, -0.1) is 0 Å². The van der Waals surface area contributed by atoms with Gasteiger partial charge in [-0.25, -0.2) is 0 Å². The van der Waals surface area contributed by atoms with E-state index < -0.39 is 5.24 Å². The van der Waals surface area contributed by atoms with Gasteiger partial charge in [-0.3, -0.25) is 4.79 Å². The Kier molecular flexibility index (Phi) is 2.25. The van der Waals surface area contributed by atoms with Crippen LogP contribution in [0.2, 0.25) is 0 Å². The van der Waals surface area contributed by atoms with Gasteiger partial charge in [0.05, 0.1) is 0 Å². The molecule has 0 heterocycles. The third-order valence-electron chi connectivity index (χ3n) is 1.36. The first-order valence-electron chi connectivity index (χ1n) is 3.03. The molecular formula is C7H8ClNO. The Morgan fingerprint density at radius 2 is 2.50 bits per heavy atom. The zero-order chi connectivity index (χ0) is 7.56. The molecule has 2 nitrogen and oxygen atoms in total. The summed E-state index contributed by atoms with van der Waals surface area (Å²) < 4.78 is 0. The lowest BCUT2D eigenvalue weighted by Crippen LogP contribution is -2.20. The molecule has 0 bridgehead atoms. The molecule has 54 valence electrons. The highest BCUT2D eigenvalue weighted by Gasteiger charge is 2.11. The maximum Gasteiger partial charge on any atom is 0.248 e. The van der Waals surface area contributed by atoms with Crippen molar-refractivity contribution in [2.24, 2.45) is 5.73 Å². The van der Waals surface area contributed by atoms with Crippen LogP contribution in [0, 0.1) is 0 Å². The minimum Gasteiger partial charge on any atom is -0.324 e. The van der Waals surface area contributed by atoms with Gasteiger partial charge in [-0.1, -0.05) is 18.2 Å². The third-order valence-corrected chi connectivity index (χ3v) is 1.61. The molecule has 1 aliphatic rings. The highest BCUT2D eigenvalue weighted by atomic mass is 35.5. The normalized spacial score (nSPS) is 24.2. The van der Waals surface area contributed by atoms with E-state index in [-0.39, 0.29) is 6.04 Å². The summed E-state index contributed by atoms with van der Waals surface area (Å²) >= 11 is 5.23. The van der Waals surface area contributed by atoms with E-state index in [1.54, 1.807) is 12.2 Å². The second kappa shape index (κ2) is 2.99. The van der Waals surface area contributed by atoms with Crippen LogP contribution in [0.3, 0.4) is 0 Å². The molecule has 0 saturated carbocycles. The van der Waals surface area contributed by atoms with Crippen molar-refractivity contribution in [1.82, 2.24) is 0 Å². The fraction of sp³-hybridized carbons (Fsp3) is 0.286. The van der Waals surface area contributed by atoms with E-state index in [1.807, 2.05) is 6.08 Å². The molecule has 10 heavy (non-hydrogen) atoms. The number of rotatable bonds is 1. The molecule has 1 aliphatic carbocycles. The molecule has 0 spiro atoms. The van der Waals surface area contributed by atoms with Crippen LogP contribution in [0.5, 0.6) is 0 Å². The zero-order valence-electron chi connectivity index (χ0n) is 5.38. The second-order valence-electron chi connectivity index (χ2n) is 2.22. The molecule has 0 aromatic rings. The minimum absolute atomic E-state index is 0.0531. The Morgan fingerprint density at radius 1 is 1.80 bits per heavy atom. The molecule has 2 N–H and O–H groups in total. The predicted octanol–water partition coefficient (Wildman–Crippen LogP) is 0.965.